The van der Waals surface area contributed by atoms with E-state index in [0.29, 0.717) is 18.6 Å². The van der Waals surface area contributed by atoms with Crippen LogP contribution >= 0.6 is 0 Å². The molecule has 0 saturated heterocycles. The topological polar surface area (TPSA) is 64.1 Å². The van der Waals surface area contributed by atoms with Gasteiger partial charge in [0, 0.05) is 26.8 Å². The monoisotopic (exact) mass is 391 g/mol. The zero-order valence-electron chi connectivity index (χ0n) is 18.0. The highest BCUT2D eigenvalue weighted by Crippen LogP contribution is 2.40. The molecule has 158 valence electrons. The van der Waals surface area contributed by atoms with Gasteiger partial charge in [-0.3, -0.25) is 0 Å². The summed E-state index contributed by atoms with van der Waals surface area (Å²) < 4.78 is 16.4. The number of hydrogen-bond acceptors (Lipinski definition) is 4. The van der Waals surface area contributed by atoms with Crippen LogP contribution in [0.4, 0.5) is 0 Å². The van der Waals surface area contributed by atoms with Crippen LogP contribution in [0.25, 0.3) is 0 Å². The zero-order valence-corrected chi connectivity index (χ0v) is 18.0. The molecule has 1 aromatic rings. The molecule has 6 nitrogen and oxygen atoms in total. The van der Waals surface area contributed by atoms with Gasteiger partial charge in [-0.2, -0.15) is 0 Å². The molecule has 1 saturated carbocycles. The van der Waals surface area contributed by atoms with Crippen molar-refractivity contribution in [1.82, 2.24) is 10.6 Å². The highest BCUT2D eigenvalue weighted by atomic mass is 16.5. The van der Waals surface area contributed by atoms with Crippen LogP contribution < -0.4 is 20.1 Å². The highest BCUT2D eigenvalue weighted by Gasteiger charge is 2.33. The number of guanidine groups is 1. The lowest BCUT2D eigenvalue weighted by Gasteiger charge is -2.30. The summed E-state index contributed by atoms with van der Waals surface area (Å²) in [7, 11) is 3.45. The van der Waals surface area contributed by atoms with E-state index in [1.165, 1.54) is 25.7 Å². The van der Waals surface area contributed by atoms with Crippen molar-refractivity contribution in [1.29, 1.82) is 0 Å². The van der Waals surface area contributed by atoms with Gasteiger partial charge in [0.1, 0.15) is 0 Å². The molecule has 1 aliphatic rings. The molecular formula is C22H37N3O3. The summed E-state index contributed by atoms with van der Waals surface area (Å²) in [6.07, 6.45) is 6.25. The first-order chi connectivity index (χ1) is 13.7. The predicted octanol–water partition coefficient (Wildman–Crippen LogP) is 3.75. The van der Waals surface area contributed by atoms with Crippen LogP contribution in [0.15, 0.2) is 23.2 Å². The number of nitrogens with zero attached hydrogens (tertiary/aromatic N) is 1. The second kappa shape index (κ2) is 11.8. The van der Waals surface area contributed by atoms with Crippen LogP contribution in [0.3, 0.4) is 0 Å². The minimum absolute atomic E-state index is 0.328. The molecule has 1 aromatic carbocycles. The molecule has 2 N–H and O–H groups in total. The fourth-order valence-electron chi connectivity index (χ4n) is 3.83. The van der Waals surface area contributed by atoms with Crippen LogP contribution in [0, 0.1) is 5.41 Å². The van der Waals surface area contributed by atoms with Crippen LogP contribution in [0.1, 0.15) is 51.5 Å². The summed E-state index contributed by atoms with van der Waals surface area (Å²) in [5, 5.41) is 6.93. The van der Waals surface area contributed by atoms with Crippen molar-refractivity contribution in [3.8, 4) is 11.5 Å². The number of hydrogen-bond donors (Lipinski definition) is 2. The van der Waals surface area contributed by atoms with Crippen LogP contribution in [0.2, 0.25) is 0 Å². The lowest BCUT2D eigenvalue weighted by atomic mass is 9.83. The molecule has 0 aliphatic heterocycles. The third kappa shape index (κ3) is 6.59. The number of rotatable bonds is 11. The van der Waals surface area contributed by atoms with Gasteiger partial charge in [0.25, 0.3) is 0 Å². The van der Waals surface area contributed by atoms with E-state index < -0.39 is 0 Å². The Kier molecular flexibility index (Phi) is 9.41. The van der Waals surface area contributed by atoms with E-state index in [-0.39, 0.29) is 0 Å². The van der Waals surface area contributed by atoms with Crippen molar-refractivity contribution in [3.63, 3.8) is 0 Å². The standard InChI is InChI=1S/C22H37N3O3/c1-5-23-21(25-17-22(13-14-26-3)11-7-8-12-22)24-16-18-9-10-19(28-6-2)20(15-18)27-4/h9-10,15H,5-8,11-14,16-17H2,1-4H3,(H2,23,24,25). The summed E-state index contributed by atoms with van der Waals surface area (Å²) >= 11 is 0. The van der Waals surface area contributed by atoms with Crippen molar-refractivity contribution in [2.75, 3.05) is 40.5 Å². The summed E-state index contributed by atoms with van der Waals surface area (Å²) in [6.45, 7) is 7.86. The number of aliphatic imine (C=N–C) groups is 1. The van der Waals surface area contributed by atoms with Crippen LogP contribution in [0.5, 0.6) is 11.5 Å². The summed E-state index contributed by atoms with van der Waals surface area (Å²) in [5.41, 5.74) is 1.42. The minimum Gasteiger partial charge on any atom is -0.493 e. The average Bonchev–Trinajstić information content (AvgIpc) is 3.18. The van der Waals surface area contributed by atoms with Crippen LogP contribution in [-0.4, -0.2) is 46.5 Å². The quantitative estimate of drug-likeness (QED) is 0.444. The highest BCUT2D eigenvalue weighted by molar-refractivity contribution is 5.79. The first-order valence-electron chi connectivity index (χ1n) is 10.5. The van der Waals surface area contributed by atoms with E-state index in [1.807, 2.05) is 25.1 Å². The van der Waals surface area contributed by atoms with Crippen molar-refractivity contribution in [2.24, 2.45) is 10.4 Å². The fourth-order valence-corrected chi connectivity index (χ4v) is 3.83. The van der Waals surface area contributed by atoms with E-state index in [4.69, 9.17) is 19.2 Å². The molecule has 1 aliphatic carbocycles. The van der Waals surface area contributed by atoms with Gasteiger partial charge in [-0.25, -0.2) is 4.99 Å². The first-order valence-corrected chi connectivity index (χ1v) is 10.5. The van der Waals surface area contributed by atoms with Crippen molar-refractivity contribution >= 4 is 5.96 Å². The molecule has 1 fully saturated rings. The van der Waals surface area contributed by atoms with Gasteiger partial charge in [-0.1, -0.05) is 18.9 Å². The Hall–Kier alpha value is -1.95. The maximum atomic E-state index is 5.59. The Morgan fingerprint density at radius 2 is 1.89 bits per heavy atom. The van der Waals surface area contributed by atoms with Gasteiger partial charge in [0.15, 0.2) is 17.5 Å². The molecule has 28 heavy (non-hydrogen) atoms. The predicted molar refractivity (Wildman–Crippen MR) is 114 cm³/mol. The van der Waals surface area contributed by atoms with Crippen LogP contribution in [-0.2, 0) is 11.3 Å². The van der Waals surface area contributed by atoms with Gasteiger partial charge in [0.05, 0.1) is 20.3 Å². The lowest BCUT2D eigenvalue weighted by Crippen LogP contribution is -2.43. The maximum absolute atomic E-state index is 5.59. The zero-order chi connectivity index (χ0) is 20.2. The average molecular weight is 392 g/mol. The van der Waals surface area contributed by atoms with E-state index in [9.17, 15) is 0 Å². The molecule has 2 rings (SSSR count). The molecule has 0 heterocycles. The van der Waals surface area contributed by atoms with E-state index in [1.54, 1.807) is 14.2 Å². The smallest absolute Gasteiger partial charge is 0.191 e. The number of benzene rings is 1. The number of nitrogens with one attached hydrogen (secondary N) is 2. The summed E-state index contributed by atoms with van der Waals surface area (Å²) in [4.78, 5) is 4.77. The van der Waals surface area contributed by atoms with Gasteiger partial charge < -0.3 is 24.8 Å². The van der Waals surface area contributed by atoms with Gasteiger partial charge in [0.2, 0.25) is 0 Å². The number of ether oxygens (including phenoxy) is 3. The molecule has 0 amide bonds. The third-order valence-corrected chi connectivity index (χ3v) is 5.42. The first kappa shape index (κ1) is 22.3. The van der Waals surface area contributed by atoms with Crippen molar-refractivity contribution < 1.29 is 14.2 Å². The van der Waals surface area contributed by atoms with Crippen molar-refractivity contribution in [2.45, 2.75) is 52.5 Å². The molecule has 0 atom stereocenters. The Morgan fingerprint density at radius 3 is 2.54 bits per heavy atom. The largest absolute Gasteiger partial charge is 0.493 e. The Labute approximate surface area is 170 Å². The molecular weight excluding hydrogens is 354 g/mol. The molecule has 0 radical (unpaired) electrons. The van der Waals surface area contributed by atoms with E-state index in [0.717, 1.165) is 49.1 Å². The molecule has 0 unspecified atom stereocenters. The SMILES string of the molecule is CCNC(=NCc1ccc(OCC)c(OC)c1)NCC1(CCOC)CCCC1. The lowest BCUT2D eigenvalue weighted by molar-refractivity contribution is 0.138. The Balaban J connectivity index is 2.01. The van der Waals surface area contributed by atoms with Crippen molar-refractivity contribution in [3.05, 3.63) is 23.8 Å². The number of methoxy groups -OCH3 is 2. The summed E-state index contributed by atoms with van der Waals surface area (Å²) in [5.74, 6) is 2.38. The molecule has 0 bridgehead atoms. The summed E-state index contributed by atoms with van der Waals surface area (Å²) in [6, 6.07) is 5.98. The molecule has 0 aromatic heterocycles. The maximum Gasteiger partial charge on any atom is 0.191 e. The molecule has 0 spiro atoms. The van der Waals surface area contributed by atoms with Gasteiger partial charge in [-0.05, 0) is 56.2 Å². The minimum atomic E-state index is 0.328. The Morgan fingerprint density at radius 1 is 1.11 bits per heavy atom. The van der Waals surface area contributed by atoms with Gasteiger partial charge in [-0.15, -0.1) is 0 Å². The second-order valence-electron chi connectivity index (χ2n) is 7.42. The van der Waals surface area contributed by atoms with E-state index >= 15 is 0 Å². The molecule has 6 heteroatoms. The van der Waals surface area contributed by atoms with Gasteiger partial charge >= 0.3 is 0 Å². The Bertz CT molecular complexity index is 613. The normalized spacial score (nSPS) is 16.1. The second-order valence-corrected chi connectivity index (χ2v) is 7.42. The van der Waals surface area contributed by atoms with E-state index in [2.05, 4.69) is 17.6 Å². The fraction of sp³-hybridized carbons (Fsp3) is 0.682. The third-order valence-electron chi connectivity index (χ3n) is 5.42.